The maximum absolute atomic E-state index is 9.71. The van der Waals surface area contributed by atoms with Crippen molar-refractivity contribution in [3.8, 4) is 11.5 Å². The van der Waals surface area contributed by atoms with Crippen molar-refractivity contribution >= 4 is 5.96 Å². The average molecular weight is 319 g/mol. The summed E-state index contributed by atoms with van der Waals surface area (Å²) in [4.78, 5) is 6.80. The van der Waals surface area contributed by atoms with Gasteiger partial charge in [-0.05, 0) is 31.0 Å². The van der Waals surface area contributed by atoms with Crippen LogP contribution in [-0.4, -0.2) is 54.9 Å². The summed E-state index contributed by atoms with van der Waals surface area (Å²) in [5.74, 6) is 2.47. The zero-order valence-electron chi connectivity index (χ0n) is 13.6. The molecule has 1 fully saturated rings. The molecular formula is C17H25N3O3. The molecule has 1 atom stereocenters. The van der Waals surface area contributed by atoms with Gasteiger partial charge in [-0.2, -0.15) is 0 Å². The van der Waals surface area contributed by atoms with Crippen LogP contribution in [0.3, 0.4) is 0 Å². The van der Waals surface area contributed by atoms with E-state index in [-0.39, 0.29) is 6.10 Å². The molecule has 1 aromatic rings. The molecule has 0 radical (unpaired) electrons. The standard InChI is InChI=1S/C17H25N3O3/c1-2-18-17(20-7-6-14(21)12-20)19-11-13-4-5-15-16(10-13)23-9-3-8-22-15/h4-5,10,14,21H,2-3,6-9,11-12H2,1H3,(H,18,19)/t14-/m1/s1. The lowest BCUT2D eigenvalue weighted by Gasteiger charge is -2.21. The molecule has 1 aromatic carbocycles. The van der Waals surface area contributed by atoms with E-state index in [1.165, 1.54) is 0 Å². The van der Waals surface area contributed by atoms with E-state index in [2.05, 4.69) is 17.1 Å². The first kappa shape index (κ1) is 15.9. The quantitative estimate of drug-likeness (QED) is 0.651. The third-order valence-corrected chi connectivity index (χ3v) is 4.02. The Hall–Kier alpha value is -1.95. The van der Waals surface area contributed by atoms with Crippen LogP contribution in [0.2, 0.25) is 0 Å². The third kappa shape index (κ3) is 4.07. The van der Waals surface area contributed by atoms with E-state index >= 15 is 0 Å². The van der Waals surface area contributed by atoms with Gasteiger partial charge in [0.1, 0.15) is 0 Å². The first-order chi connectivity index (χ1) is 11.3. The molecule has 0 amide bonds. The third-order valence-electron chi connectivity index (χ3n) is 4.02. The number of aliphatic hydroxyl groups excluding tert-OH is 1. The summed E-state index contributed by atoms with van der Waals surface area (Å²) >= 11 is 0. The summed E-state index contributed by atoms with van der Waals surface area (Å²) in [5, 5.41) is 13.0. The number of aliphatic hydroxyl groups is 1. The predicted molar refractivity (Wildman–Crippen MR) is 89.1 cm³/mol. The van der Waals surface area contributed by atoms with Gasteiger partial charge in [-0.3, -0.25) is 0 Å². The molecule has 2 heterocycles. The zero-order valence-corrected chi connectivity index (χ0v) is 13.6. The van der Waals surface area contributed by atoms with Crippen LogP contribution in [0.1, 0.15) is 25.3 Å². The lowest BCUT2D eigenvalue weighted by molar-refractivity contribution is 0.188. The van der Waals surface area contributed by atoms with Gasteiger partial charge in [-0.1, -0.05) is 6.07 Å². The van der Waals surface area contributed by atoms with E-state index in [0.717, 1.165) is 49.0 Å². The van der Waals surface area contributed by atoms with Gasteiger partial charge in [-0.15, -0.1) is 0 Å². The van der Waals surface area contributed by atoms with E-state index in [4.69, 9.17) is 14.5 Å². The van der Waals surface area contributed by atoms with Gasteiger partial charge >= 0.3 is 0 Å². The molecule has 0 aliphatic carbocycles. The van der Waals surface area contributed by atoms with E-state index in [1.807, 2.05) is 18.2 Å². The molecule has 23 heavy (non-hydrogen) atoms. The number of hydrogen-bond donors (Lipinski definition) is 2. The number of ether oxygens (including phenoxy) is 2. The molecule has 3 rings (SSSR count). The first-order valence-corrected chi connectivity index (χ1v) is 8.36. The van der Waals surface area contributed by atoms with Crippen molar-refractivity contribution in [2.24, 2.45) is 4.99 Å². The molecule has 0 bridgehead atoms. The van der Waals surface area contributed by atoms with Gasteiger partial charge in [0.25, 0.3) is 0 Å². The normalized spacial score (nSPS) is 21.2. The SMILES string of the molecule is CCNC(=NCc1ccc2c(c1)OCCCO2)N1CC[C@@H](O)C1. The Kier molecular flexibility index (Phi) is 5.23. The summed E-state index contributed by atoms with van der Waals surface area (Å²) < 4.78 is 11.4. The molecule has 2 aliphatic rings. The van der Waals surface area contributed by atoms with Crippen molar-refractivity contribution in [2.75, 3.05) is 32.8 Å². The number of likely N-dealkylation sites (tertiary alicyclic amines) is 1. The second kappa shape index (κ2) is 7.55. The molecular weight excluding hydrogens is 294 g/mol. The lowest BCUT2D eigenvalue weighted by atomic mass is 10.2. The van der Waals surface area contributed by atoms with Crippen molar-refractivity contribution in [1.82, 2.24) is 10.2 Å². The van der Waals surface area contributed by atoms with Crippen LogP contribution in [0.15, 0.2) is 23.2 Å². The minimum Gasteiger partial charge on any atom is -0.490 e. The largest absolute Gasteiger partial charge is 0.490 e. The number of β-amino-alcohol motifs (C(OH)–C–C–N with tert-alkyl or cyclic N) is 1. The van der Waals surface area contributed by atoms with Crippen LogP contribution in [0, 0.1) is 0 Å². The van der Waals surface area contributed by atoms with Gasteiger partial charge in [0, 0.05) is 26.1 Å². The molecule has 6 nitrogen and oxygen atoms in total. The van der Waals surface area contributed by atoms with Crippen LogP contribution in [0.25, 0.3) is 0 Å². The fourth-order valence-corrected chi connectivity index (χ4v) is 2.83. The van der Waals surface area contributed by atoms with Gasteiger partial charge in [-0.25, -0.2) is 4.99 Å². The van der Waals surface area contributed by atoms with Crippen LogP contribution < -0.4 is 14.8 Å². The summed E-state index contributed by atoms with van der Waals surface area (Å²) in [5.41, 5.74) is 1.09. The summed E-state index contributed by atoms with van der Waals surface area (Å²) in [7, 11) is 0. The van der Waals surface area contributed by atoms with Crippen LogP contribution in [0.5, 0.6) is 11.5 Å². The summed E-state index contributed by atoms with van der Waals surface area (Å²) in [6.07, 6.45) is 1.45. The van der Waals surface area contributed by atoms with Crippen molar-refractivity contribution in [2.45, 2.75) is 32.4 Å². The molecule has 126 valence electrons. The highest BCUT2D eigenvalue weighted by molar-refractivity contribution is 5.80. The summed E-state index contributed by atoms with van der Waals surface area (Å²) in [6.45, 7) is 6.31. The number of hydrogen-bond acceptors (Lipinski definition) is 4. The van der Waals surface area contributed by atoms with Crippen molar-refractivity contribution in [3.63, 3.8) is 0 Å². The topological polar surface area (TPSA) is 66.3 Å². The minimum atomic E-state index is -0.253. The fourth-order valence-electron chi connectivity index (χ4n) is 2.83. The van der Waals surface area contributed by atoms with E-state index in [9.17, 15) is 5.11 Å². The maximum Gasteiger partial charge on any atom is 0.194 e. The molecule has 1 saturated heterocycles. The van der Waals surface area contributed by atoms with Gasteiger partial charge < -0.3 is 24.8 Å². The molecule has 6 heteroatoms. The Morgan fingerprint density at radius 2 is 2.17 bits per heavy atom. The number of aliphatic imine (C=N–C) groups is 1. The number of nitrogens with zero attached hydrogens (tertiary/aromatic N) is 2. The Bertz CT molecular complexity index is 562. The van der Waals surface area contributed by atoms with E-state index < -0.39 is 0 Å². The monoisotopic (exact) mass is 319 g/mol. The van der Waals surface area contributed by atoms with Crippen LogP contribution in [-0.2, 0) is 6.54 Å². The van der Waals surface area contributed by atoms with Crippen molar-refractivity contribution in [3.05, 3.63) is 23.8 Å². The second-order valence-corrected chi connectivity index (χ2v) is 5.89. The lowest BCUT2D eigenvalue weighted by Crippen LogP contribution is -2.40. The Balaban J connectivity index is 1.70. The molecule has 2 N–H and O–H groups in total. The Morgan fingerprint density at radius 3 is 2.91 bits per heavy atom. The second-order valence-electron chi connectivity index (χ2n) is 5.89. The predicted octanol–water partition coefficient (Wildman–Crippen LogP) is 1.38. The maximum atomic E-state index is 9.71. The smallest absolute Gasteiger partial charge is 0.194 e. The van der Waals surface area contributed by atoms with Crippen molar-refractivity contribution < 1.29 is 14.6 Å². The first-order valence-electron chi connectivity index (χ1n) is 8.36. The Morgan fingerprint density at radius 1 is 1.35 bits per heavy atom. The van der Waals surface area contributed by atoms with Gasteiger partial charge in [0.05, 0.1) is 25.9 Å². The van der Waals surface area contributed by atoms with E-state index in [1.54, 1.807) is 0 Å². The highest BCUT2D eigenvalue weighted by Gasteiger charge is 2.22. The number of fused-ring (bicyclic) bond motifs is 1. The molecule has 0 aromatic heterocycles. The molecule has 0 saturated carbocycles. The van der Waals surface area contributed by atoms with Crippen molar-refractivity contribution in [1.29, 1.82) is 0 Å². The Labute approximate surface area is 137 Å². The van der Waals surface area contributed by atoms with Crippen LogP contribution in [0.4, 0.5) is 0 Å². The number of benzene rings is 1. The average Bonchev–Trinajstić information content (AvgIpc) is 2.85. The molecule has 0 unspecified atom stereocenters. The number of rotatable bonds is 3. The van der Waals surface area contributed by atoms with Crippen LogP contribution >= 0.6 is 0 Å². The number of guanidine groups is 1. The van der Waals surface area contributed by atoms with Gasteiger partial charge in [0.15, 0.2) is 17.5 Å². The minimum absolute atomic E-state index is 0.253. The van der Waals surface area contributed by atoms with E-state index in [0.29, 0.717) is 26.3 Å². The number of nitrogens with one attached hydrogen (secondary N) is 1. The highest BCUT2D eigenvalue weighted by Crippen LogP contribution is 2.30. The molecule has 2 aliphatic heterocycles. The highest BCUT2D eigenvalue weighted by atomic mass is 16.5. The molecule has 0 spiro atoms. The fraction of sp³-hybridized carbons (Fsp3) is 0.588. The summed E-state index contributed by atoms with van der Waals surface area (Å²) in [6, 6.07) is 5.99. The zero-order chi connectivity index (χ0) is 16.1. The van der Waals surface area contributed by atoms with Gasteiger partial charge in [0.2, 0.25) is 0 Å².